The fourth-order valence-corrected chi connectivity index (χ4v) is 3.13. The number of aromatic amines is 2. The van der Waals surface area contributed by atoms with Crippen LogP contribution in [-0.4, -0.2) is 20.9 Å². The third-order valence-corrected chi connectivity index (χ3v) is 4.54. The van der Waals surface area contributed by atoms with Gasteiger partial charge in [-0.1, -0.05) is 24.3 Å². The van der Waals surface area contributed by atoms with Crippen LogP contribution in [0, 0.1) is 5.82 Å². The van der Waals surface area contributed by atoms with E-state index < -0.39 is 29.3 Å². The number of alkyl halides is 3. The summed E-state index contributed by atoms with van der Waals surface area (Å²) in [5, 5.41) is 2.60. The normalized spacial score (nSPS) is 11.9. The van der Waals surface area contributed by atoms with E-state index in [2.05, 4.69) is 20.3 Å². The molecule has 0 atom stereocenters. The van der Waals surface area contributed by atoms with Gasteiger partial charge in [-0.3, -0.25) is 4.79 Å². The van der Waals surface area contributed by atoms with Gasteiger partial charge in [0, 0.05) is 17.2 Å². The molecule has 2 aromatic carbocycles. The number of halogens is 4. The summed E-state index contributed by atoms with van der Waals surface area (Å²) in [6.07, 6.45) is -2.30. The van der Waals surface area contributed by atoms with E-state index in [9.17, 15) is 27.2 Å². The number of rotatable bonds is 4. The minimum absolute atomic E-state index is 0.125. The number of benzene rings is 2. The van der Waals surface area contributed by atoms with Gasteiger partial charge in [-0.05, 0) is 36.4 Å². The number of carbonyl (C=O) groups excluding carboxylic acids is 1. The van der Waals surface area contributed by atoms with Crippen molar-refractivity contribution in [2.75, 3.05) is 5.32 Å². The monoisotopic (exact) mass is 442 g/mol. The highest BCUT2D eigenvalue weighted by Crippen LogP contribution is 2.32. The van der Waals surface area contributed by atoms with Gasteiger partial charge in [-0.15, -0.1) is 0 Å². The van der Waals surface area contributed by atoms with Gasteiger partial charge in [0.05, 0.1) is 22.4 Å². The van der Waals surface area contributed by atoms with E-state index in [4.69, 9.17) is 0 Å². The van der Waals surface area contributed by atoms with Gasteiger partial charge in [0.15, 0.2) is 0 Å². The predicted molar refractivity (Wildman–Crippen MR) is 111 cm³/mol. The molecular formula is C22H14F4N4O2. The smallest absolute Gasteiger partial charge is 0.321 e. The minimum Gasteiger partial charge on any atom is -0.321 e. The molecule has 6 nitrogen and oxygen atoms in total. The Morgan fingerprint density at radius 3 is 2.56 bits per heavy atom. The third kappa shape index (κ3) is 4.43. The fraction of sp³-hybridized carbons (Fsp3) is 0.0455. The van der Waals surface area contributed by atoms with Crippen LogP contribution in [0.15, 0.2) is 65.5 Å². The van der Waals surface area contributed by atoms with E-state index in [0.29, 0.717) is 16.7 Å². The molecule has 10 heteroatoms. The SMILES string of the molecule is O=C(/C=C/c1ccc(C(F)(F)F)nc1-c1cccc(F)c1)Nc1cccc2[nH]c(=O)[nH]c12. The lowest BCUT2D eigenvalue weighted by molar-refractivity contribution is -0.141. The average molecular weight is 442 g/mol. The van der Waals surface area contributed by atoms with Gasteiger partial charge >= 0.3 is 11.9 Å². The predicted octanol–water partition coefficient (Wildman–Crippen LogP) is 4.73. The molecule has 0 radical (unpaired) electrons. The first kappa shape index (κ1) is 21.0. The van der Waals surface area contributed by atoms with Crippen LogP contribution in [0.4, 0.5) is 23.2 Å². The van der Waals surface area contributed by atoms with E-state index in [1.54, 1.807) is 18.2 Å². The summed E-state index contributed by atoms with van der Waals surface area (Å²) in [6.45, 7) is 0. The molecule has 0 fully saturated rings. The van der Waals surface area contributed by atoms with Gasteiger partial charge in [-0.2, -0.15) is 13.2 Å². The van der Waals surface area contributed by atoms with Crippen LogP contribution in [-0.2, 0) is 11.0 Å². The van der Waals surface area contributed by atoms with E-state index >= 15 is 0 Å². The number of H-pyrrole nitrogens is 2. The van der Waals surface area contributed by atoms with Crippen molar-refractivity contribution < 1.29 is 22.4 Å². The summed E-state index contributed by atoms with van der Waals surface area (Å²) in [4.78, 5) is 32.7. The number of anilines is 1. The zero-order valence-corrected chi connectivity index (χ0v) is 16.1. The Kier molecular flexibility index (Phi) is 5.35. The molecule has 4 aromatic rings. The first-order valence-corrected chi connectivity index (χ1v) is 9.25. The van der Waals surface area contributed by atoms with Crippen molar-refractivity contribution in [3.8, 4) is 11.3 Å². The van der Waals surface area contributed by atoms with Crippen LogP contribution in [0.5, 0.6) is 0 Å². The Bertz CT molecular complexity index is 1400. The van der Waals surface area contributed by atoms with Crippen molar-refractivity contribution in [2.45, 2.75) is 6.18 Å². The highest BCUT2D eigenvalue weighted by atomic mass is 19.4. The molecule has 3 N–H and O–H groups in total. The van der Waals surface area contributed by atoms with Gasteiger partial charge in [0.1, 0.15) is 11.5 Å². The molecule has 2 aromatic heterocycles. The number of aromatic nitrogens is 3. The number of hydrogen-bond donors (Lipinski definition) is 3. The minimum atomic E-state index is -4.69. The number of imidazole rings is 1. The van der Waals surface area contributed by atoms with Crippen LogP contribution in [0.3, 0.4) is 0 Å². The third-order valence-electron chi connectivity index (χ3n) is 4.54. The van der Waals surface area contributed by atoms with E-state index in [0.717, 1.165) is 30.3 Å². The summed E-state index contributed by atoms with van der Waals surface area (Å²) >= 11 is 0. The van der Waals surface area contributed by atoms with Crippen LogP contribution >= 0.6 is 0 Å². The van der Waals surface area contributed by atoms with Crippen molar-refractivity contribution in [3.63, 3.8) is 0 Å². The average Bonchev–Trinajstić information content (AvgIpc) is 3.13. The highest BCUT2D eigenvalue weighted by molar-refractivity contribution is 6.06. The maximum Gasteiger partial charge on any atom is 0.433 e. The second kappa shape index (κ2) is 8.14. The van der Waals surface area contributed by atoms with E-state index in [1.807, 2.05) is 0 Å². The van der Waals surface area contributed by atoms with Crippen molar-refractivity contribution in [1.29, 1.82) is 0 Å². The van der Waals surface area contributed by atoms with E-state index in [-0.39, 0.29) is 16.8 Å². The Morgan fingerprint density at radius 2 is 1.81 bits per heavy atom. The van der Waals surface area contributed by atoms with Gasteiger partial charge in [0.25, 0.3) is 0 Å². The number of fused-ring (bicyclic) bond motifs is 1. The standard InChI is InChI=1S/C22H14F4N4O2/c23-14-4-1-3-13(11-14)19-12(7-9-17(29-19)22(24,25)26)8-10-18(31)27-15-5-2-6-16-20(15)30-21(32)28-16/h1-11H,(H,27,31)(H2,28,30,32)/b10-8+. The molecule has 32 heavy (non-hydrogen) atoms. The molecule has 0 aliphatic carbocycles. The maximum atomic E-state index is 13.6. The van der Waals surface area contributed by atoms with Crippen molar-refractivity contribution in [1.82, 2.24) is 15.0 Å². The number of hydrogen-bond acceptors (Lipinski definition) is 3. The molecule has 1 amide bonds. The van der Waals surface area contributed by atoms with Gasteiger partial charge < -0.3 is 15.3 Å². The molecule has 0 saturated heterocycles. The fourth-order valence-electron chi connectivity index (χ4n) is 3.13. The molecule has 0 aliphatic rings. The molecule has 0 unspecified atom stereocenters. The van der Waals surface area contributed by atoms with Crippen LogP contribution in [0.25, 0.3) is 28.4 Å². The Morgan fingerprint density at radius 1 is 1.03 bits per heavy atom. The molecule has 0 bridgehead atoms. The molecule has 162 valence electrons. The Labute approximate surface area is 177 Å². The lowest BCUT2D eigenvalue weighted by Crippen LogP contribution is -2.10. The Balaban J connectivity index is 1.67. The molecule has 4 rings (SSSR count). The highest BCUT2D eigenvalue weighted by Gasteiger charge is 2.33. The van der Waals surface area contributed by atoms with Gasteiger partial charge in [-0.25, -0.2) is 14.2 Å². The number of nitrogens with zero attached hydrogens (tertiary/aromatic N) is 1. The van der Waals surface area contributed by atoms with Crippen molar-refractivity contribution in [3.05, 3.63) is 88.2 Å². The molecule has 0 spiro atoms. The summed E-state index contributed by atoms with van der Waals surface area (Å²) in [5.74, 6) is -1.23. The quantitative estimate of drug-likeness (QED) is 0.315. The van der Waals surface area contributed by atoms with E-state index in [1.165, 1.54) is 18.2 Å². The number of para-hydroxylation sites is 1. The lowest BCUT2D eigenvalue weighted by atomic mass is 10.0. The Hall–Kier alpha value is -4.21. The molecule has 0 saturated carbocycles. The zero-order chi connectivity index (χ0) is 22.9. The van der Waals surface area contributed by atoms with Crippen LogP contribution in [0.2, 0.25) is 0 Å². The van der Waals surface area contributed by atoms with Gasteiger partial charge in [0.2, 0.25) is 5.91 Å². The van der Waals surface area contributed by atoms with Crippen molar-refractivity contribution in [2.24, 2.45) is 0 Å². The second-order valence-electron chi connectivity index (χ2n) is 6.77. The zero-order valence-electron chi connectivity index (χ0n) is 16.1. The summed E-state index contributed by atoms with van der Waals surface area (Å²) in [5.41, 5.74) is -0.146. The number of nitrogens with one attached hydrogen (secondary N) is 3. The topological polar surface area (TPSA) is 90.6 Å². The lowest BCUT2D eigenvalue weighted by Gasteiger charge is -2.11. The largest absolute Gasteiger partial charge is 0.433 e. The molecular weight excluding hydrogens is 428 g/mol. The first-order valence-electron chi connectivity index (χ1n) is 9.25. The number of amides is 1. The molecule has 0 aliphatic heterocycles. The summed E-state index contributed by atoms with van der Waals surface area (Å²) < 4.78 is 53.0. The summed E-state index contributed by atoms with van der Waals surface area (Å²) in [7, 11) is 0. The van der Waals surface area contributed by atoms with Crippen molar-refractivity contribution >= 4 is 28.7 Å². The number of carbonyl (C=O) groups is 1. The number of pyridine rings is 1. The first-order chi connectivity index (χ1) is 15.2. The summed E-state index contributed by atoms with van der Waals surface area (Å²) in [6, 6.07) is 11.8. The molecule has 2 heterocycles. The van der Waals surface area contributed by atoms with Crippen LogP contribution < -0.4 is 11.0 Å². The second-order valence-corrected chi connectivity index (χ2v) is 6.77. The maximum absolute atomic E-state index is 13.6. The van der Waals surface area contributed by atoms with Crippen LogP contribution in [0.1, 0.15) is 11.3 Å².